The second-order valence-electron chi connectivity index (χ2n) is 8.19. The molecule has 1 heterocycles. The van der Waals surface area contributed by atoms with Gasteiger partial charge >= 0.3 is 0 Å². The first-order valence-corrected chi connectivity index (χ1v) is 9.47. The summed E-state index contributed by atoms with van der Waals surface area (Å²) in [5.41, 5.74) is 0.728. The van der Waals surface area contributed by atoms with Gasteiger partial charge in [-0.25, -0.2) is 0 Å². The Hall–Kier alpha value is -0.0800. The smallest absolute Gasteiger partial charge is 0.0309 e. The molecule has 3 unspecified atom stereocenters. The molecule has 0 bridgehead atoms. The fourth-order valence-corrected chi connectivity index (χ4v) is 4.00. The van der Waals surface area contributed by atoms with Crippen molar-refractivity contribution in [1.82, 2.24) is 10.2 Å². The SMILES string of the molecule is CCCCC(CC)CN1CC(C)(C2CC2)NCC1(C)CC. The lowest BCUT2D eigenvalue weighted by Crippen LogP contribution is -2.69. The molecule has 2 fully saturated rings. The highest BCUT2D eigenvalue weighted by Gasteiger charge is 2.49. The lowest BCUT2D eigenvalue weighted by Gasteiger charge is -2.53. The summed E-state index contributed by atoms with van der Waals surface area (Å²) in [4.78, 5) is 2.85. The molecule has 0 aromatic heterocycles. The minimum Gasteiger partial charge on any atom is -0.308 e. The summed E-state index contributed by atoms with van der Waals surface area (Å²) in [6.07, 6.45) is 9.61. The molecule has 1 N–H and O–H groups in total. The highest BCUT2D eigenvalue weighted by atomic mass is 15.3. The van der Waals surface area contributed by atoms with Crippen molar-refractivity contribution in [3.8, 4) is 0 Å². The fraction of sp³-hybridized carbons (Fsp3) is 1.00. The summed E-state index contributed by atoms with van der Waals surface area (Å²) in [5.74, 6) is 1.81. The molecule has 1 aliphatic heterocycles. The van der Waals surface area contributed by atoms with E-state index >= 15 is 0 Å². The van der Waals surface area contributed by atoms with E-state index in [0.29, 0.717) is 11.1 Å². The van der Waals surface area contributed by atoms with Crippen molar-refractivity contribution in [3.63, 3.8) is 0 Å². The van der Waals surface area contributed by atoms with E-state index in [4.69, 9.17) is 0 Å². The number of piperazine rings is 1. The van der Waals surface area contributed by atoms with Crippen LogP contribution in [0.2, 0.25) is 0 Å². The lowest BCUT2D eigenvalue weighted by molar-refractivity contribution is -0.00180. The van der Waals surface area contributed by atoms with Gasteiger partial charge in [-0.2, -0.15) is 0 Å². The van der Waals surface area contributed by atoms with E-state index in [1.54, 1.807) is 0 Å². The molecule has 2 nitrogen and oxygen atoms in total. The normalized spacial score (nSPS) is 35.9. The van der Waals surface area contributed by atoms with Gasteiger partial charge in [0.25, 0.3) is 0 Å². The van der Waals surface area contributed by atoms with Gasteiger partial charge in [-0.05, 0) is 51.4 Å². The van der Waals surface area contributed by atoms with Gasteiger partial charge in [-0.1, -0.05) is 40.0 Å². The Morgan fingerprint density at radius 3 is 2.43 bits per heavy atom. The van der Waals surface area contributed by atoms with Gasteiger partial charge in [-0.15, -0.1) is 0 Å². The molecule has 0 amide bonds. The maximum Gasteiger partial charge on any atom is 0.0309 e. The van der Waals surface area contributed by atoms with E-state index in [1.807, 2.05) is 0 Å². The van der Waals surface area contributed by atoms with Gasteiger partial charge < -0.3 is 5.32 Å². The quantitative estimate of drug-likeness (QED) is 0.711. The molecule has 2 aliphatic rings. The monoisotopic (exact) mass is 294 g/mol. The summed E-state index contributed by atoms with van der Waals surface area (Å²) in [6.45, 7) is 15.7. The molecule has 0 spiro atoms. The van der Waals surface area contributed by atoms with Crippen molar-refractivity contribution < 1.29 is 0 Å². The summed E-state index contributed by atoms with van der Waals surface area (Å²) >= 11 is 0. The largest absolute Gasteiger partial charge is 0.308 e. The van der Waals surface area contributed by atoms with E-state index < -0.39 is 0 Å². The van der Waals surface area contributed by atoms with Crippen LogP contribution < -0.4 is 5.32 Å². The summed E-state index contributed by atoms with van der Waals surface area (Å²) < 4.78 is 0. The third kappa shape index (κ3) is 4.01. The van der Waals surface area contributed by atoms with Crippen LogP contribution in [0.25, 0.3) is 0 Å². The molecule has 1 saturated carbocycles. The summed E-state index contributed by atoms with van der Waals surface area (Å²) in [7, 11) is 0. The first-order chi connectivity index (χ1) is 9.97. The molecule has 2 heteroatoms. The Labute approximate surface area is 133 Å². The molecular weight excluding hydrogens is 256 g/mol. The van der Waals surface area contributed by atoms with E-state index in [0.717, 1.165) is 11.8 Å². The Bertz CT molecular complexity index is 326. The molecule has 21 heavy (non-hydrogen) atoms. The number of hydrogen-bond donors (Lipinski definition) is 1. The van der Waals surface area contributed by atoms with Crippen LogP contribution >= 0.6 is 0 Å². The molecule has 0 radical (unpaired) electrons. The molecule has 2 rings (SSSR count). The average Bonchev–Trinajstić information content (AvgIpc) is 3.32. The molecule has 124 valence electrons. The van der Waals surface area contributed by atoms with Crippen LogP contribution in [-0.2, 0) is 0 Å². The highest BCUT2D eigenvalue weighted by Crippen LogP contribution is 2.43. The van der Waals surface area contributed by atoms with Gasteiger partial charge in [0.05, 0.1) is 0 Å². The van der Waals surface area contributed by atoms with Gasteiger partial charge in [0.15, 0.2) is 0 Å². The zero-order valence-electron chi connectivity index (χ0n) is 15.2. The van der Waals surface area contributed by atoms with Crippen LogP contribution in [-0.4, -0.2) is 35.6 Å². The molecule has 1 aliphatic carbocycles. The molecule has 0 aromatic rings. The van der Waals surface area contributed by atoms with E-state index in [-0.39, 0.29) is 0 Å². The zero-order chi connectivity index (χ0) is 15.5. The third-order valence-corrected chi connectivity index (χ3v) is 6.42. The predicted molar refractivity (Wildman–Crippen MR) is 92.7 cm³/mol. The Kier molecular flexibility index (Phi) is 5.76. The number of hydrogen-bond acceptors (Lipinski definition) is 2. The standard InChI is InChI=1S/C19H38N2/c1-6-9-10-16(7-2)13-21-15-19(5,17-11-12-17)20-14-18(21,4)8-3/h16-17,20H,6-15H2,1-5H3. The van der Waals surface area contributed by atoms with Crippen LogP contribution in [0.4, 0.5) is 0 Å². The summed E-state index contributed by atoms with van der Waals surface area (Å²) in [5, 5.41) is 3.92. The van der Waals surface area contributed by atoms with Crippen LogP contribution in [0.3, 0.4) is 0 Å². The first-order valence-electron chi connectivity index (χ1n) is 9.47. The maximum absolute atomic E-state index is 3.92. The minimum atomic E-state index is 0.355. The van der Waals surface area contributed by atoms with Crippen LogP contribution in [0, 0.1) is 11.8 Å². The van der Waals surface area contributed by atoms with Crippen molar-refractivity contribution in [2.24, 2.45) is 11.8 Å². The highest BCUT2D eigenvalue weighted by molar-refractivity contribution is 5.07. The second kappa shape index (κ2) is 7.00. The number of nitrogens with one attached hydrogen (secondary N) is 1. The van der Waals surface area contributed by atoms with Gasteiger partial charge in [0, 0.05) is 30.7 Å². The fourth-order valence-electron chi connectivity index (χ4n) is 4.00. The van der Waals surface area contributed by atoms with Crippen molar-refractivity contribution >= 4 is 0 Å². The van der Waals surface area contributed by atoms with E-state index in [1.165, 1.54) is 64.6 Å². The molecule has 3 atom stereocenters. The van der Waals surface area contributed by atoms with Gasteiger partial charge in [-0.3, -0.25) is 4.90 Å². The van der Waals surface area contributed by atoms with Crippen molar-refractivity contribution in [3.05, 3.63) is 0 Å². The van der Waals surface area contributed by atoms with Gasteiger partial charge in [0.1, 0.15) is 0 Å². The lowest BCUT2D eigenvalue weighted by atomic mass is 9.83. The molecule has 0 aromatic carbocycles. The second-order valence-corrected chi connectivity index (χ2v) is 8.19. The van der Waals surface area contributed by atoms with Crippen molar-refractivity contribution in [2.45, 2.75) is 90.6 Å². The van der Waals surface area contributed by atoms with Gasteiger partial charge in [0.2, 0.25) is 0 Å². The predicted octanol–water partition coefficient (Wildman–Crippen LogP) is 4.45. The maximum atomic E-state index is 3.92. The summed E-state index contributed by atoms with van der Waals surface area (Å²) in [6, 6.07) is 0. The minimum absolute atomic E-state index is 0.355. The topological polar surface area (TPSA) is 15.3 Å². The van der Waals surface area contributed by atoms with Crippen LogP contribution in [0.5, 0.6) is 0 Å². The number of nitrogens with zero attached hydrogens (tertiary/aromatic N) is 1. The Morgan fingerprint density at radius 1 is 1.19 bits per heavy atom. The van der Waals surface area contributed by atoms with E-state index in [2.05, 4.69) is 44.8 Å². The molecule has 1 saturated heterocycles. The Balaban J connectivity index is 2.03. The number of unbranched alkanes of at least 4 members (excludes halogenated alkanes) is 1. The first kappa shape index (κ1) is 17.3. The average molecular weight is 295 g/mol. The molecular formula is C19H38N2. The van der Waals surface area contributed by atoms with E-state index in [9.17, 15) is 0 Å². The third-order valence-electron chi connectivity index (χ3n) is 6.42. The van der Waals surface area contributed by atoms with Crippen molar-refractivity contribution in [1.29, 1.82) is 0 Å². The van der Waals surface area contributed by atoms with Crippen LogP contribution in [0.1, 0.15) is 79.6 Å². The van der Waals surface area contributed by atoms with Crippen LogP contribution in [0.15, 0.2) is 0 Å². The zero-order valence-corrected chi connectivity index (χ0v) is 15.2. The van der Waals surface area contributed by atoms with Crippen molar-refractivity contribution in [2.75, 3.05) is 19.6 Å². The Morgan fingerprint density at radius 2 is 1.90 bits per heavy atom. The number of rotatable bonds is 8.